The summed E-state index contributed by atoms with van der Waals surface area (Å²) in [6, 6.07) is 22.1. The Balaban J connectivity index is 1.94. The molecular formula is C21H14O. The molecule has 0 saturated heterocycles. The minimum Gasteiger partial charge on any atom is -0.289 e. The van der Waals surface area contributed by atoms with Crippen LogP contribution in [0.5, 0.6) is 0 Å². The third-order valence-electron chi connectivity index (χ3n) is 4.04. The van der Waals surface area contributed by atoms with Gasteiger partial charge >= 0.3 is 0 Å². The molecule has 104 valence electrons. The SMILES string of the molecule is O=c1c(=CC=Cc2ccccc2)c2cccc3cccc1c32. The molecule has 0 unspecified atom stereocenters. The van der Waals surface area contributed by atoms with Crippen LogP contribution in [0.1, 0.15) is 5.56 Å². The third-order valence-corrected chi connectivity index (χ3v) is 4.04. The fourth-order valence-corrected chi connectivity index (χ4v) is 3.01. The first-order valence-corrected chi connectivity index (χ1v) is 7.35. The Morgan fingerprint density at radius 1 is 0.727 bits per heavy atom. The van der Waals surface area contributed by atoms with Gasteiger partial charge in [-0.25, -0.2) is 0 Å². The van der Waals surface area contributed by atoms with E-state index in [4.69, 9.17) is 0 Å². The zero-order valence-electron chi connectivity index (χ0n) is 12.0. The van der Waals surface area contributed by atoms with Gasteiger partial charge < -0.3 is 0 Å². The van der Waals surface area contributed by atoms with Gasteiger partial charge in [0.1, 0.15) is 0 Å². The Morgan fingerprint density at radius 3 is 2.23 bits per heavy atom. The second kappa shape index (κ2) is 5.12. The molecule has 0 atom stereocenters. The molecule has 0 aliphatic rings. The Kier molecular flexibility index (Phi) is 2.97. The van der Waals surface area contributed by atoms with E-state index in [-0.39, 0.29) is 5.43 Å². The standard InChI is InChI=1S/C21H14O/c22-21-18(13-4-9-15-7-2-1-3-8-15)17-12-5-10-16-11-6-14-19(21)20(16)17/h1-14H. The van der Waals surface area contributed by atoms with Crippen LogP contribution in [0, 0.1) is 0 Å². The molecule has 0 heterocycles. The smallest absolute Gasteiger partial charge is 0.194 e. The molecule has 1 nitrogen and oxygen atoms in total. The van der Waals surface area contributed by atoms with E-state index in [1.54, 1.807) is 0 Å². The van der Waals surface area contributed by atoms with E-state index in [2.05, 4.69) is 12.1 Å². The number of benzene rings is 3. The van der Waals surface area contributed by atoms with Gasteiger partial charge in [0.2, 0.25) is 0 Å². The van der Waals surface area contributed by atoms with Crippen LogP contribution >= 0.6 is 0 Å². The average Bonchev–Trinajstić information content (AvgIpc) is 2.84. The maximum Gasteiger partial charge on any atom is 0.194 e. The molecular weight excluding hydrogens is 268 g/mol. The zero-order chi connectivity index (χ0) is 14.9. The summed E-state index contributed by atoms with van der Waals surface area (Å²) in [7, 11) is 0. The van der Waals surface area contributed by atoms with Crippen LogP contribution in [0.3, 0.4) is 0 Å². The van der Waals surface area contributed by atoms with Crippen LogP contribution < -0.4 is 10.6 Å². The summed E-state index contributed by atoms with van der Waals surface area (Å²) in [6.07, 6.45) is 5.89. The largest absolute Gasteiger partial charge is 0.289 e. The molecule has 0 aliphatic heterocycles. The summed E-state index contributed by atoms with van der Waals surface area (Å²) < 4.78 is 0. The maximum atomic E-state index is 12.6. The first kappa shape index (κ1) is 12.8. The van der Waals surface area contributed by atoms with Crippen LogP contribution in [0.2, 0.25) is 0 Å². The van der Waals surface area contributed by atoms with Crippen molar-refractivity contribution in [2.24, 2.45) is 0 Å². The molecule has 0 bridgehead atoms. The second-order valence-corrected chi connectivity index (χ2v) is 5.39. The highest BCUT2D eigenvalue weighted by Crippen LogP contribution is 2.22. The van der Waals surface area contributed by atoms with Crippen LogP contribution in [-0.2, 0) is 0 Å². The van der Waals surface area contributed by atoms with Crippen molar-refractivity contribution in [1.29, 1.82) is 0 Å². The average molecular weight is 282 g/mol. The van der Waals surface area contributed by atoms with Crippen molar-refractivity contribution in [2.75, 3.05) is 0 Å². The maximum absolute atomic E-state index is 12.6. The molecule has 4 aromatic carbocycles. The summed E-state index contributed by atoms with van der Waals surface area (Å²) >= 11 is 0. The lowest BCUT2D eigenvalue weighted by atomic mass is 10.1. The van der Waals surface area contributed by atoms with Crippen molar-refractivity contribution >= 4 is 33.7 Å². The zero-order valence-corrected chi connectivity index (χ0v) is 12.0. The molecule has 0 aliphatic carbocycles. The van der Waals surface area contributed by atoms with Crippen molar-refractivity contribution in [3.63, 3.8) is 0 Å². The number of rotatable bonds is 2. The predicted molar refractivity (Wildman–Crippen MR) is 94.1 cm³/mol. The normalized spacial score (nSPS) is 12.8. The van der Waals surface area contributed by atoms with Crippen LogP contribution in [0.15, 0.2) is 77.6 Å². The highest BCUT2D eigenvalue weighted by Gasteiger charge is 2.09. The fourth-order valence-electron chi connectivity index (χ4n) is 3.01. The van der Waals surface area contributed by atoms with E-state index in [0.29, 0.717) is 0 Å². The van der Waals surface area contributed by atoms with Crippen molar-refractivity contribution in [2.45, 2.75) is 0 Å². The highest BCUT2D eigenvalue weighted by atomic mass is 16.1. The molecule has 4 rings (SSSR count). The van der Waals surface area contributed by atoms with Crippen molar-refractivity contribution < 1.29 is 0 Å². The summed E-state index contributed by atoms with van der Waals surface area (Å²) in [5.41, 5.74) is 1.24. The molecule has 0 saturated carbocycles. The molecule has 0 radical (unpaired) electrons. The molecule has 0 N–H and O–H groups in total. The summed E-state index contributed by atoms with van der Waals surface area (Å²) in [4.78, 5) is 12.6. The molecule has 4 aromatic rings. The number of allylic oxidation sites excluding steroid dienone is 1. The van der Waals surface area contributed by atoms with Gasteiger partial charge in [0.05, 0.1) is 0 Å². The topological polar surface area (TPSA) is 17.1 Å². The van der Waals surface area contributed by atoms with E-state index in [1.165, 1.54) is 0 Å². The lowest BCUT2D eigenvalue weighted by Gasteiger charge is -1.96. The summed E-state index contributed by atoms with van der Waals surface area (Å²) in [5, 5.41) is 4.83. The first-order valence-electron chi connectivity index (χ1n) is 7.35. The molecule has 0 aromatic heterocycles. The summed E-state index contributed by atoms with van der Waals surface area (Å²) in [6.45, 7) is 0. The van der Waals surface area contributed by atoms with Gasteiger partial charge in [0, 0.05) is 16.0 Å². The lowest BCUT2D eigenvalue weighted by Crippen LogP contribution is -2.18. The minimum atomic E-state index is 0.115. The number of hydrogen-bond acceptors (Lipinski definition) is 1. The van der Waals surface area contributed by atoms with Gasteiger partial charge in [-0.05, 0) is 16.3 Å². The van der Waals surface area contributed by atoms with Gasteiger partial charge in [-0.1, -0.05) is 85.0 Å². The Labute approximate surface area is 128 Å². The first-order chi connectivity index (χ1) is 10.8. The molecule has 0 spiro atoms. The van der Waals surface area contributed by atoms with Crippen molar-refractivity contribution in [3.05, 3.63) is 93.8 Å². The van der Waals surface area contributed by atoms with Gasteiger partial charge in [-0.2, -0.15) is 0 Å². The van der Waals surface area contributed by atoms with Crippen LogP contribution in [0.25, 0.3) is 33.7 Å². The molecule has 0 fully saturated rings. The monoisotopic (exact) mass is 282 g/mol. The number of hydrogen-bond donors (Lipinski definition) is 0. The summed E-state index contributed by atoms with van der Waals surface area (Å²) in [5.74, 6) is 0. The Hall–Kier alpha value is -2.93. The van der Waals surface area contributed by atoms with Gasteiger partial charge in [-0.15, -0.1) is 0 Å². The van der Waals surface area contributed by atoms with E-state index in [1.807, 2.05) is 72.8 Å². The van der Waals surface area contributed by atoms with Gasteiger partial charge in [0.25, 0.3) is 0 Å². The Morgan fingerprint density at radius 2 is 1.45 bits per heavy atom. The van der Waals surface area contributed by atoms with Gasteiger partial charge in [-0.3, -0.25) is 4.79 Å². The third kappa shape index (κ3) is 1.99. The Bertz CT molecular complexity index is 1070. The van der Waals surface area contributed by atoms with Crippen molar-refractivity contribution in [3.8, 4) is 0 Å². The van der Waals surface area contributed by atoms with Crippen LogP contribution in [0.4, 0.5) is 0 Å². The lowest BCUT2D eigenvalue weighted by molar-refractivity contribution is 1.66. The van der Waals surface area contributed by atoms with Gasteiger partial charge in [0.15, 0.2) is 5.43 Å². The minimum absolute atomic E-state index is 0.115. The second-order valence-electron chi connectivity index (χ2n) is 5.39. The highest BCUT2D eigenvalue weighted by molar-refractivity contribution is 6.11. The van der Waals surface area contributed by atoms with E-state index >= 15 is 0 Å². The quantitative estimate of drug-likeness (QED) is 0.543. The molecule has 0 amide bonds. The van der Waals surface area contributed by atoms with Crippen molar-refractivity contribution in [1.82, 2.24) is 0 Å². The molecule has 22 heavy (non-hydrogen) atoms. The van der Waals surface area contributed by atoms with E-state index in [9.17, 15) is 4.79 Å². The van der Waals surface area contributed by atoms with E-state index in [0.717, 1.165) is 32.3 Å². The van der Waals surface area contributed by atoms with E-state index < -0.39 is 0 Å². The predicted octanol–water partition coefficient (Wildman–Crippen LogP) is 4.00. The van der Waals surface area contributed by atoms with Crippen LogP contribution in [-0.4, -0.2) is 0 Å². The fraction of sp³-hybridized carbons (Fsp3) is 0. The molecule has 1 heteroatoms.